The number of hydrogen-bond acceptors (Lipinski definition) is 7. The summed E-state index contributed by atoms with van der Waals surface area (Å²) < 4.78 is 26.3. The van der Waals surface area contributed by atoms with Crippen LogP contribution in [0.1, 0.15) is 38.8 Å². The molecule has 0 saturated carbocycles. The summed E-state index contributed by atoms with van der Waals surface area (Å²) in [6.07, 6.45) is -1.19. The predicted molar refractivity (Wildman–Crippen MR) is 119 cm³/mol. The van der Waals surface area contributed by atoms with Crippen molar-refractivity contribution in [1.29, 1.82) is 0 Å². The van der Waals surface area contributed by atoms with Crippen LogP contribution in [0.25, 0.3) is 22.2 Å². The molecule has 3 aromatic rings. The Labute approximate surface area is 189 Å². The van der Waals surface area contributed by atoms with Gasteiger partial charge in [0, 0.05) is 6.07 Å². The molecule has 0 aliphatic carbocycles. The van der Waals surface area contributed by atoms with E-state index in [0.29, 0.717) is 12.1 Å². The molecule has 10 heteroatoms. The van der Waals surface area contributed by atoms with E-state index in [1.165, 1.54) is 0 Å². The second kappa shape index (κ2) is 7.42. The number of ether oxygens (including phenoxy) is 4. The third-order valence-electron chi connectivity index (χ3n) is 6.26. The number of aromatic nitrogens is 4. The summed E-state index contributed by atoms with van der Waals surface area (Å²) in [4.78, 5) is 34.4. The summed E-state index contributed by atoms with van der Waals surface area (Å²) >= 11 is 0. The van der Waals surface area contributed by atoms with E-state index in [1.54, 1.807) is 0 Å². The van der Waals surface area contributed by atoms with Gasteiger partial charge in [0.2, 0.25) is 11.2 Å². The Morgan fingerprint density at radius 2 is 1.76 bits per heavy atom. The highest BCUT2D eigenvalue weighted by Crippen LogP contribution is 2.35. The SMILES string of the molecule is Cc1cc2nc3[nH]c(=O)[nH]c(=O)c3[n+](C[C@@H]3OC(C)(C)O[C@@H]4COC(C)(C)O[C@@H]34)c2cc1C. The summed E-state index contributed by atoms with van der Waals surface area (Å²) in [6.45, 7) is 12.1. The first-order chi connectivity index (χ1) is 15.4. The molecule has 2 aliphatic rings. The van der Waals surface area contributed by atoms with Gasteiger partial charge in [-0.1, -0.05) is 0 Å². The number of hydrogen-bond donors (Lipinski definition) is 2. The Kier molecular flexibility index (Phi) is 4.98. The van der Waals surface area contributed by atoms with E-state index in [0.717, 1.165) is 16.6 Å². The van der Waals surface area contributed by atoms with Crippen molar-refractivity contribution in [1.82, 2.24) is 15.0 Å². The molecule has 0 radical (unpaired) electrons. The maximum absolute atomic E-state index is 12.9. The Hall–Kier alpha value is -2.66. The molecule has 2 aliphatic heterocycles. The molecule has 2 aromatic heterocycles. The number of nitrogens with one attached hydrogen (secondary N) is 2. The number of aromatic amines is 2. The highest BCUT2D eigenvalue weighted by molar-refractivity contribution is 5.80. The molecule has 10 nitrogen and oxygen atoms in total. The van der Waals surface area contributed by atoms with Crippen molar-refractivity contribution in [3.05, 3.63) is 44.1 Å². The van der Waals surface area contributed by atoms with Gasteiger partial charge in [-0.3, -0.25) is 14.8 Å². The first-order valence-electron chi connectivity index (χ1n) is 11.1. The standard InChI is InChI=1S/C23H28N4O6/c1-11-7-13-14(8-12(11)2)27(17-19(24-13)25-21(29)26-20(17)28)9-15-18-16(32-23(5,6)31-15)10-30-22(3,4)33-18/h7-8,15-16,18H,9-10H2,1-6H3,(H-,24,25,26,28,29)/p+1/t15-,16+,18-/m0/s1. The monoisotopic (exact) mass is 457 g/mol. The molecule has 1 aromatic carbocycles. The van der Waals surface area contributed by atoms with Crippen LogP contribution in [0.3, 0.4) is 0 Å². The molecular weight excluding hydrogens is 428 g/mol. The Bertz CT molecular complexity index is 1380. The molecule has 0 spiro atoms. The number of aryl methyl sites for hydroxylation is 2. The van der Waals surface area contributed by atoms with Crippen molar-refractivity contribution in [3.63, 3.8) is 0 Å². The molecule has 4 heterocycles. The summed E-state index contributed by atoms with van der Waals surface area (Å²) in [5.74, 6) is -1.66. The molecule has 0 bridgehead atoms. The maximum Gasteiger partial charge on any atom is 0.328 e. The molecule has 33 heavy (non-hydrogen) atoms. The zero-order chi connectivity index (χ0) is 23.7. The van der Waals surface area contributed by atoms with E-state index in [-0.39, 0.29) is 23.8 Å². The maximum atomic E-state index is 12.9. The van der Waals surface area contributed by atoms with Gasteiger partial charge < -0.3 is 18.9 Å². The van der Waals surface area contributed by atoms with Gasteiger partial charge in [0.05, 0.1) is 6.61 Å². The van der Waals surface area contributed by atoms with Crippen LogP contribution in [0.15, 0.2) is 21.7 Å². The number of fused-ring (bicyclic) bond motifs is 3. The lowest BCUT2D eigenvalue weighted by Gasteiger charge is -2.50. The minimum atomic E-state index is -0.869. The fourth-order valence-corrected chi connectivity index (χ4v) is 4.70. The van der Waals surface area contributed by atoms with E-state index in [9.17, 15) is 9.59 Å². The molecule has 2 N–H and O–H groups in total. The summed E-state index contributed by atoms with van der Waals surface area (Å²) in [6, 6.07) is 3.95. The molecule has 5 rings (SSSR count). The van der Waals surface area contributed by atoms with Crippen LogP contribution < -0.4 is 15.8 Å². The average molecular weight is 458 g/mol. The number of nitrogens with zero attached hydrogens (tertiary/aromatic N) is 2. The molecule has 2 saturated heterocycles. The lowest BCUT2D eigenvalue weighted by atomic mass is 10.0. The highest BCUT2D eigenvalue weighted by atomic mass is 16.8. The minimum Gasteiger partial charge on any atom is -0.348 e. The third-order valence-corrected chi connectivity index (χ3v) is 6.26. The van der Waals surface area contributed by atoms with Gasteiger partial charge >= 0.3 is 16.8 Å². The van der Waals surface area contributed by atoms with Gasteiger partial charge in [0.1, 0.15) is 23.8 Å². The van der Waals surface area contributed by atoms with E-state index < -0.39 is 35.0 Å². The van der Waals surface area contributed by atoms with Crippen molar-refractivity contribution in [3.8, 4) is 0 Å². The smallest absolute Gasteiger partial charge is 0.328 e. The van der Waals surface area contributed by atoms with Crippen molar-refractivity contribution in [2.24, 2.45) is 0 Å². The average Bonchev–Trinajstić information content (AvgIpc) is 2.68. The van der Waals surface area contributed by atoms with Crippen molar-refractivity contribution >= 4 is 22.2 Å². The molecule has 0 unspecified atom stereocenters. The van der Waals surface area contributed by atoms with Gasteiger partial charge in [0.15, 0.2) is 18.1 Å². The first kappa shape index (κ1) is 22.1. The Morgan fingerprint density at radius 1 is 1.03 bits per heavy atom. The zero-order valence-electron chi connectivity index (χ0n) is 19.6. The van der Waals surface area contributed by atoms with Crippen LogP contribution in [-0.2, 0) is 25.5 Å². The quantitative estimate of drug-likeness (QED) is 0.440. The van der Waals surface area contributed by atoms with E-state index in [1.807, 2.05) is 58.2 Å². The van der Waals surface area contributed by atoms with Crippen molar-refractivity contribution in [2.45, 2.75) is 78.0 Å². The van der Waals surface area contributed by atoms with E-state index in [2.05, 4.69) is 15.0 Å². The summed E-state index contributed by atoms with van der Waals surface area (Å²) in [5.41, 5.74) is 2.92. The molecule has 0 amide bonds. The Balaban J connectivity index is 1.71. The van der Waals surface area contributed by atoms with E-state index >= 15 is 0 Å². The fraction of sp³-hybridized carbons (Fsp3) is 0.565. The van der Waals surface area contributed by atoms with Crippen LogP contribution in [0.5, 0.6) is 0 Å². The minimum absolute atomic E-state index is 0.218. The van der Waals surface area contributed by atoms with Crippen LogP contribution in [0, 0.1) is 13.8 Å². The third kappa shape index (κ3) is 3.97. The van der Waals surface area contributed by atoms with Gasteiger partial charge in [-0.2, -0.15) is 4.57 Å². The molecule has 2 fully saturated rings. The van der Waals surface area contributed by atoms with Gasteiger partial charge in [0.25, 0.3) is 0 Å². The van der Waals surface area contributed by atoms with Gasteiger partial charge in [-0.25, -0.2) is 9.78 Å². The Morgan fingerprint density at radius 3 is 2.52 bits per heavy atom. The van der Waals surface area contributed by atoms with E-state index in [4.69, 9.17) is 18.9 Å². The normalized spacial score (nSPS) is 26.4. The van der Waals surface area contributed by atoms with Crippen LogP contribution in [0.4, 0.5) is 0 Å². The zero-order valence-corrected chi connectivity index (χ0v) is 19.6. The van der Waals surface area contributed by atoms with Crippen LogP contribution in [-0.4, -0.2) is 51.4 Å². The first-order valence-corrected chi connectivity index (χ1v) is 11.1. The van der Waals surface area contributed by atoms with Crippen LogP contribution in [0.2, 0.25) is 0 Å². The summed E-state index contributed by atoms with van der Waals surface area (Å²) in [5, 5.41) is 0. The highest BCUT2D eigenvalue weighted by Gasteiger charge is 2.51. The number of H-pyrrole nitrogens is 2. The number of benzene rings is 1. The lowest BCUT2D eigenvalue weighted by molar-refractivity contribution is -0.662. The van der Waals surface area contributed by atoms with Gasteiger partial charge in [-0.05, 0) is 58.7 Å². The second-order valence-corrected chi connectivity index (χ2v) is 9.76. The van der Waals surface area contributed by atoms with Gasteiger partial charge in [-0.15, -0.1) is 0 Å². The van der Waals surface area contributed by atoms with Crippen LogP contribution >= 0.6 is 0 Å². The number of rotatable bonds is 2. The molecular formula is C23H29N4O6+. The largest absolute Gasteiger partial charge is 0.348 e. The molecule has 3 atom stereocenters. The second-order valence-electron chi connectivity index (χ2n) is 9.76. The summed E-state index contributed by atoms with van der Waals surface area (Å²) in [7, 11) is 0. The fourth-order valence-electron chi connectivity index (χ4n) is 4.70. The lowest BCUT2D eigenvalue weighted by Crippen LogP contribution is -2.65. The van der Waals surface area contributed by atoms with Crippen molar-refractivity contribution in [2.75, 3.05) is 6.61 Å². The topological polar surface area (TPSA) is 119 Å². The predicted octanol–water partition coefficient (Wildman–Crippen LogP) is 1.34. The molecule has 176 valence electrons. The van der Waals surface area contributed by atoms with Crippen molar-refractivity contribution < 1.29 is 23.5 Å².